The summed E-state index contributed by atoms with van der Waals surface area (Å²) in [5.74, 6) is 1.16. The number of carbonyl (C=O) groups is 1. The molecule has 0 saturated carbocycles. The van der Waals surface area contributed by atoms with E-state index < -0.39 is 10.0 Å². The number of sulfonamides is 1. The van der Waals surface area contributed by atoms with Gasteiger partial charge in [-0.1, -0.05) is 13.3 Å². The number of ether oxygens (including phenoxy) is 2. The van der Waals surface area contributed by atoms with Crippen molar-refractivity contribution < 1.29 is 27.6 Å². The Morgan fingerprint density at radius 1 is 1.18 bits per heavy atom. The number of piperazine rings is 1. The molecule has 1 aromatic carbocycles. The lowest BCUT2D eigenvalue weighted by molar-refractivity contribution is -0.895. The standard InChI is InChI=1S/C19H29N3O5S/c1-3-4-7-20(2)19(23)15-21-8-10-22(11-9-21)28(24,25)16-5-6-17-18(14-16)27-13-12-26-17/h5-6,14H,3-4,7-13,15H2,1-2H3/p+1. The Kier molecular flexibility index (Phi) is 6.79. The van der Waals surface area contributed by atoms with Gasteiger partial charge in [-0.05, 0) is 18.6 Å². The van der Waals surface area contributed by atoms with E-state index in [0.29, 0.717) is 57.4 Å². The van der Waals surface area contributed by atoms with Crippen molar-refractivity contribution in [2.45, 2.75) is 24.7 Å². The second-order valence-corrected chi connectivity index (χ2v) is 9.24. The van der Waals surface area contributed by atoms with Crippen molar-refractivity contribution >= 4 is 15.9 Å². The number of hydrogen-bond donors (Lipinski definition) is 1. The lowest BCUT2D eigenvalue weighted by Crippen LogP contribution is -3.15. The van der Waals surface area contributed by atoms with Gasteiger partial charge in [0.25, 0.3) is 5.91 Å². The summed E-state index contributed by atoms with van der Waals surface area (Å²) in [6.45, 7) is 6.22. The van der Waals surface area contributed by atoms with E-state index in [-0.39, 0.29) is 10.8 Å². The predicted octanol–water partition coefficient (Wildman–Crippen LogP) is -0.394. The van der Waals surface area contributed by atoms with Crippen LogP contribution in [0, 0.1) is 0 Å². The molecule has 1 aromatic rings. The molecule has 0 unspecified atom stereocenters. The number of quaternary nitrogens is 1. The van der Waals surface area contributed by atoms with Crippen LogP contribution >= 0.6 is 0 Å². The summed E-state index contributed by atoms with van der Waals surface area (Å²) in [5, 5.41) is 0. The molecule has 156 valence electrons. The number of fused-ring (bicyclic) bond motifs is 1. The molecule has 2 heterocycles. The molecule has 2 aliphatic rings. The van der Waals surface area contributed by atoms with E-state index >= 15 is 0 Å². The second-order valence-electron chi connectivity index (χ2n) is 7.31. The van der Waals surface area contributed by atoms with Crippen molar-refractivity contribution in [3.05, 3.63) is 18.2 Å². The highest BCUT2D eigenvalue weighted by molar-refractivity contribution is 7.89. The lowest BCUT2D eigenvalue weighted by atomic mass is 10.3. The monoisotopic (exact) mass is 412 g/mol. The van der Waals surface area contributed by atoms with Crippen LogP contribution in [0.1, 0.15) is 19.8 Å². The fourth-order valence-corrected chi connectivity index (χ4v) is 4.88. The molecule has 1 N–H and O–H groups in total. The largest absolute Gasteiger partial charge is 0.486 e. The first-order valence-corrected chi connectivity index (χ1v) is 11.3. The maximum absolute atomic E-state index is 13.0. The van der Waals surface area contributed by atoms with Gasteiger partial charge in [-0.15, -0.1) is 0 Å². The Morgan fingerprint density at radius 2 is 1.86 bits per heavy atom. The van der Waals surface area contributed by atoms with Crippen LogP contribution in [0.25, 0.3) is 0 Å². The normalized spacial score (nSPS) is 18.1. The molecule has 0 aliphatic carbocycles. The third-order valence-corrected chi connectivity index (χ3v) is 7.15. The zero-order valence-electron chi connectivity index (χ0n) is 16.6. The molecule has 1 saturated heterocycles. The minimum Gasteiger partial charge on any atom is -0.486 e. The van der Waals surface area contributed by atoms with Gasteiger partial charge in [0.2, 0.25) is 10.0 Å². The van der Waals surface area contributed by atoms with E-state index in [1.54, 1.807) is 17.0 Å². The van der Waals surface area contributed by atoms with Gasteiger partial charge in [-0.25, -0.2) is 8.42 Å². The SMILES string of the molecule is CCCCN(C)C(=O)C[NH+]1CCN(S(=O)(=O)c2ccc3c(c2)OCCO3)CC1. The number of hydrogen-bond acceptors (Lipinski definition) is 5. The number of unbranched alkanes of at least 4 members (excludes halogenated alkanes) is 1. The fraction of sp³-hybridized carbons (Fsp3) is 0.632. The van der Waals surface area contributed by atoms with Crippen molar-refractivity contribution in [2.75, 3.05) is 59.5 Å². The number of benzene rings is 1. The summed E-state index contributed by atoms with van der Waals surface area (Å²) in [4.78, 5) is 15.4. The summed E-state index contributed by atoms with van der Waals surface area (Å²) in [6, 6.07) is 4.75. The molecule has 0 aromatic heterocycles. The van der Waals surface area contributed by atoms with Gasteiger partial charge < -0.3 is 19.3 Å². The van der Waals surface area contributed by atoms with E-state index in [1.165, 1.54) is 10.4 Å². The Balaban J connectivity index is 1.57. The van der Waals surface area contributed by atoms with E-state index in [0.717, 1.165) is 24.3 Å². The third-order valence-electron chi connectivity index (χ3n) is 5.25. The van der Waals surface area contributed by atoms with Crippen LogP contribution in [0.4, 0.5) is 0 Å². The van der Waals surface area contributed by atoms with Crippen LogP contribution in [-0.2, 0) is 14.8 Å². The molecule has 1 fully saturated rings. The molecule has 1 amide bonds. The maximum atomic E-state index is 13.0. The zero-order valence-corrected chi connectivity index (χ0v) is 17.5. The van der Waals surface area contributed by atoms with Crippen LogP contribution in [0.2, 0.25) is 0 Å². The average Bonchev–Trinajstić information content (AvgIpc) is 2.72. The summed E-state index contributed by atoms with van der Waals surface area (Å²) in [6.07, 6.45) is 2.06. The Morgan fingerprint density at radius 3 is 2.54 bits per heavy atom. The summed E-state index contributed by atoms with van der Waals surface area (Å²) in [7, 11) is -1.75. The van der Waals surface area contributed by atoms with Crippen molar-refractivity contribution in [1.29, 1.82) is 0 Å². The van der Waals surface area contributed by atoms with Gasteiger partial charge in [0.15, 0.2) is 18.0 Å². The van der Waals surface area contributed by atoms with Crippen molar-refractivity contribution in [3.8, 4) is 11.5 Å². The van der Waals surface area contributed by atoms with Gasteiger partial charge >= 0.3 is 0 Å². The topological polar surface area (TPSA) is 80.6 Å². The first kappa shape index (κ1) is 20.9. The lowest BCUT2D eigenvalue weighted by Gasteiger charge is -2.32. The van der Waals surface area contributed by atoms with Gasteiger partial charge in [0.05, 0.1) is 31.1 Å². The van der Waals surface area contributed by atoms with Crippen LogP contribution < -0.4 is 14.4 Å². The Hall–Kier alpha value is -1.84. The van der Waals surface area contributed by atoms with Crippen LogP contribution in [-0.4, -0.2) is 83.1 Å². The highest BCUT2D eigenvalue weighted by atomic mass is 32.2. The molecule has 0 spiro atoms. The molecule has 0 bridgehead atoms. The number of rotatable bonds is 7. The van der Waals surface area contributed by atoms with Crippen LogP contribution in [0.3, 0.4) is 0 Å². The number of nitrogens with zero attached hydrogens (tertiary/aromatic N) is 2. The molecule has 8 nitrogen and oxygen atoms in total. The molecule has 2 aliphatic heterocycles. The van der Waals surface area contributed by atoms with Gasteiger partial charge in [-0.2, -0.15) is 4.31 Å². The average molecular weight is 413 g/mol. The number of likely N-dealkylation sites (N-methyl/N-ethyl adjacent to an activating group) is 1. The van der Waals surface area contributed by atoms with Gasteiger partial charge in [-0.3, -0.25) is 4.79 Å². The molecule has 28 heavy (non-hydrogen) atoms. The molecular formula is C19H30N3O5S+. The minimum absolute atomic E-state index is 0.117. The smallest absolute Gasteiger partial charge is 0.277 e. The zero-order chi connectivity index (χ0) is 20.1. The molecule has 0 atom stereocenters. The molecule has 9 heteroatoms. The number of carbonyl (C=O) groups excluding carboxylic acids is 1. The fourth-order valence-electron chi connectivity index (χ4n) is 3.42. The van der Waals surface area contributed by atoms with Crippen LogP contribution in [0.5, 0.6) is 11.5 Å². The summed E-state index contributed by atoms with van der Waals surface area (Å²) >= 11 is 0. The van der Waals surface area contributed by atoms with Gasteiger partial charge in [0, 0.05) is 19.7 Å². The quantitative estimate of drug-likeness (QED) is 0.660. The third kappa shape index (κ3) is 4.76. The first-order valence-electron chi connectivity index (χ1n) is 9.89. The maximum Gasteiger partial charge on any atom is 0.277 e. The van der Waals surface area contributed by atoms with E-state index in [4.69, 9.17) is 9.47 Å². The molecule has 0 radical (unpaired) electrons. The Bertz CT molecular complexity index is 791. The van der Waals surface area contributed by atoms with Crippen molar-refractivity contribution in [2.24, 2.45) is 0 Å². The number of nitrogens with one attached hydrogen (secondary N) is 1. The van der Waals surface area contributed by atoms with E-state index in [1.807, 2.05) is 7.05 Å². The Labute approximate surface area is 167 Å². The summed E-state index contributed by atoms with van der Waals surface area (Å²) in [5.41, 5.74) is 0. The van der Waals surface area contributed by atoms with Crippen molar-refractivity contribution in [3.63, 3.8) is 0 Å². The molecule has 3 rings (SSSR count). The minimum atomic E-state index is -3.59. The van der Waals surface area contributed by atoms with Gasteiger partial charge in [0.1, 0.15) is 13.2 Å². The molecular weight excluding hydrogens is 382 g/mol. The summed E-state index contributed by atoms with van der Waals surface area (Å²) < 4.78 is 38.4. The van der Waals surface area contributed by atoms with Crippen molar-refractivity contribution in [1.82, 2.24) is 9.21 Å². The highest BCUT2D eigenvalue weighted by Crippen LogP contribution is 2.33. The highest BCUT2D eigenvalue weighted by Gasteiger charge is 2.32. The predicted molar refractivity (Wildman–Crippen MR) is 104 cm³/mol. The number of amides is 1. The van der Waals surface area contributed by atoms with E-state index in [2.05, 4.69) is 6.92 Å². The first-order chi connectivity index (χ1) is 13.4. The van der Waals surface area contributed by atoms with Crippen LogP contribution in [0.15, 0.2) is 23.1 Å². The van der Waals surface area contributed by atoms with E-state index in [9.17, 15) is 13.2 Å². The second kappa shape index (κ2) is 9.11.